The molecule has 1 saturated carbocycles. The molecule has 0 aromatic heterocycles. The van der Waals surface area contributed by atoms with Gasteiger partial charge in [0.25, 0.3) is 5.91 Å². The summed E-state index contributed by atoms with van der Waals surface area (Å²) in [5.41, 5.74) is 2.78. The molecule has 208 valence electrons. The number of aryl methyl sites for hydroxylation is 1. The Morgan fingerprint density at radius 2 is 2.10 bits per heavy atom. The van der Waals surface area contributed by atoms with Gasteiger partial charge in [0, 0.05) is 44.1 Å². The molecular weight excluding hydrogens is 504 g/mol. The van der Waals surface area contributed by atoms with Crippen molar-refractivity contribution in [3.63, 3.8) is 0 Å². The van der Waals surface area contributed by atoms with Gasteiger partial charge in [-0.1, -0.05) is 30.2 Å². The number of hydrogen-bond donors (Lipinski definition) is 0. The van der Waals surface area contributed by atoms with Crippen LogP contribution in [-0.2, 0) is 26.2 Å². The highest BCUT2D eigenvalue weighted by atomic mass is 16.6. The molecule has 2 aliphatic heterocycles. The molecule has 0 N–H and O–H groups in total. The summed E-state index contributed by atoms with van der Waals surface area (Å²) in [6.07, 6.45) is 4.23. The minimum absolute atomic E-state index is 0.0239. The molecule has 4 aliphatic rings. The Bertz CT molecular complexity index is 1460. The third-order valence-electron chi connectivity index (χ3n) is 9.55. The van der Waals surface area contributed by atoms with Crippen molar-refractivity contribution < 1.29 is 23.8 Å². The molecule has 0 radical (unpaired) electrons. The maximum atomic E-state index is 13.5. The number of esters is 1. The summed E-state index contributed by atoms with van der Waals surface area (Å²) in [6, 6.07) is 11.6. The number of likely N-dealkylation sites (N-methyl/N-ethyl adjacent to an activating group) is 1. The Kier molecular flexibility index (Phi) is 6.42. The third-order valence-corrected chi connectivity index (χ3v) is 9.55. The topological polar surface area (TPSA) is 68.3 Å². The van der Waals surface area contributed by atoms with Crippen LogP contribution in [0.1, 0.15) is 48.4 Å². The fourth-order valence-electron chi connectivity index (χ4n) is 8.06. The lowest BCUT2D eigenvalue weighted by molar-refractivity contribution is -0.222. The van der Waals surface area contributed by atoms with E-state index in [9.17, 15) is 9.59 Å². The summed E-state index contributed by atoms with van der Waals surface area (Å²) < 4.78 is 19.1. The maximum Gasteiger partial charge on any atom is 0.303 e. The van der Waals surface area contributed by atoms with Gasteiger partial charge in [0.2, 0.25) is 0 Å². The van der Waals surface area contributed by atoms with Gasteiger partial charge < -0.3 is 19.1 Å². The number of likely N-dealkylation sites (tertiary alicyclic amines) is 1. The van der Waals surface area contributed by atoms with E-state index in [-0.39, 0.29) is 24.0 Å². The van der Waals surface area contributed by atoms with Crippen LogP contribution < -0.4 is 9.47 Å². The van der Waals surface area contributed by atoms with Crippen molar-refractivity contribution in [2.75, 3.05) is 27.2 Å². The fraction of sp³-hybridized carbons (Fsp3) is 0.455. The molecule has 5 atom stereocenters. The van der Waals surface area contributed by atoms with E-state index in [1.54, 1.807) is 12.0 Å². The van der Waals surface area contributed by atoms with Crippen molar-refractivity contribution in [2.24, 2.45) is 0 Å². The number of carbonyl (C=O) groups excluding carboxylic acids is 2. The third kappa shape index (κ3) is 3.69. The minimum atomic E-state index is -0.789. The summed E-state index contributed by atoms with van der Waals surface area (Å²) in [5.74, 6) is 6.72. The predicted octanol–water partition coefficient (Wildman–Crippen LogP) is 3.79. The Hall–Kier alpha value is -3.76. The highest BCUT2D eigenvalue weighted by Gasteiger charge is 2.75. The van der Waals surface area contributed by atoms with Crippen LogP contribution in [0.3, 0.4) is 0 Å². The van der Waals surface area contributed by atoms with Crippen LogP contribution in [0.2, 0.25) is 0 Å². The molecule has 2 aromatic carbocycles. The number of carbonyl (C=O) groups is 2. The van der Waals surface area contributed by atoms with Gasteiger partial charge in [0.15, 0.2) is 11.5 Å². The first kappa shape index (κ1) is 26.5. The second-order valence-corrected chi connectivity index (χ2v) is 11.5. The summed E-state index contributed by atoms with van der Waals surface area (Å²) in [5, 5.41) is 0. The molecular formula is C33H36N2O5. The Morgan fingerprint density at radius 1 is 1.27 bits per heavy atom. The first-order chi connectivity index (χ1) is 19.3. The molecule has 0 unspecified atom stereocenters. The van der Waals surface area contributed by atoms with Gasteiger partial charge in [-0.05, 0) is 61.9 Å². The van der Waals surface area contributed by atoms with Crippen molar-refractivity contribution in [3.8, 4) is 23.3 Å². The average Bonchev–Trinajstić information content (AvgIpc) is 3.28. The monoisotopic (exact) mass is 540 g/mol. The number of rotatable bonds is 5. The lowest BCUT2D eigenvalue weighted by Crippen LogP contribution is -2.79. The minimum Gasteiger partial charge on any atom is -0.493 e. The van der Waals surface area contributed by atoms with E-state index in [1.807, 2.05) is 50.4 Å². The number of benzene rings is 2. The van der Waals surface area contributed by atoms with Crippen molar-refractivity contribution in [1.29, 1.82) is 0 Å². The van der Waals surface area contributed by atoms with Crippen LogP contribution in [0.25, 0.3) is 0 Å². The smallest absolute Gasteiger partial charge is 0.303 e. The molecule has 6 rings (SSSR count). The van der Waals surface area contributed by atoms with Crippen LogP contribution in [-0.4, -0.2) is 72.7 Å². The van der Waals surface area contributed by atoms with Gasteiger partial charge in [-0.2, -0.15) is 0 Å². The van der Waals surface area contributed by atoms with Gasteiger partial charge in [-0.15, -0.1) is 6.58 Å². The van der Waals surface area contributed by atoms with E-state index in [0.29, 0.717) is 25.1 Å². The summed E-state index contributed by atoms with van der Waals surface area (Å²) in [4.78, 5) is 30.4. The number of ether oxygens (including phenoxy) is 3. The molecule has 1 amide bonds. The molecule has 2 fully saturated rings. The Labute approximate surface area is 236 Å². The molecule has 7 heteroatoms. The number of hydrogen-bond acceptors (Lipinski definition) is 6. The van der Waals surface area contributed by atoms with Crippen LogP contribution in [0, 0.1) is 18.8 Å². The van der Waals surface area contributed by atoms with Crippen molar-refractivity contribution >= 4 is 11.9 Å². The van der Waals surface area contributed by atoms with E-state index < -0.39 is 17.1 Å². The normalized spacial score (nSPS) is 29.2. The van der Waals surface area contributed by atoms with Crippen LogP contribution in [0.15, 0.2) is 49.1 Å². The second-order valence-electron chi connectivity index (χ2n) is 11.5. The predicted molar refractivity (Wildman–Crippen MR) is 151 cm³/mol. The zero-order chi connectivity index (χ0) is 28.2. The first-order valence-electron chi connectivity index (χ1n) is 14.0. The van der Waals surface area contributed by atoms with Crippen LogP contribution in [0.5, 0.6) is 11.5 Å². The molecule has 40 heavy (non-hydrogen) atoms. The average molecular weight is 541 g/mol. The van der Waals surface area contributed by atoms with Crippen molar-refractivity contribution in [3.05, 3.63) is 71.3 Å². The van der Waals surface area contributed by atoms with Gasteiger partial charge in [-0.25, -0.2) is 0 Å². The molecule has 1 spiro atoms. The molecule has 2 aromatic rings. The van der Waals surface area contributed by atoms with E-state index in [1.165, 1.54) is 12.5 Å². The zero-order valence-corrected chi connectivity index (χ0v) is 23.7. The lowest BCUT2D eigenvalue weighted by atomic mass is 9.48. The first-order valence-corrected chi connectivity index (χ1v) is 14.0. The second kappa shape index (κ2) is 9.71. The van der Waals surface area contributed by atoms with Gasteiger partial charge in [-0.3, -0.25) is 14.5 Å². The molecule has 7 nitrogen and oxygen atoms in total. The quantitative estimate of drug-likeness (QED) is 0.327. The summed E-state index contributed by atoms with van der Waals surface area (Å²) in [7, 11) is 3.46. The lowest BCUT2D eigenvalue weighted by Gasteiger charge is -2.65. The van der Waals surface area contributed by atoms with E-state index in [0.717, 1.165) is 41.8 Å². The summed E-state index contributed by atoms with van der Waals surface area (Å²) in [6.45, 7) is 9.01. The van der Waals surface area contributed by atoms with E-state index >= 15 is 0 Å². The van der Waals surface area contributed by atoms with Gasteiger partial charge >= 0.3 is 5.97 Å². The van der Waals surface area contributed by atoms with E-state index in [4.69, 9.17) is 14.2 Å². The highest BCUT2D eigenvalue weighted by Crippen LogP contribution is 2.67. The van der Waals surface area contributed by atoms with Crippen LogP contribution in [0.4, 0.5) is 0 Å². The molecule has 1 saturated heterocycles. The number of piperidine rings is 1. The van der Waals surface area contributed by atoms with Crippen molar-refractivity contribution in [1.82, 2.24) is 9.80 Å². The summed E-state index contributed by atoms with van der Waals surface area (Å²) >= 11 is 0. The number of methoxy groups -OCH3 is 1. The zero-order valence-electron chi connectivity index (χ0n) is 23.7. The van der Waals surface area contributed by atoms with Gasteiger partial charge in [0.05, 0.1) is 24.6 Å². The van der Waals surface area contributed by atoms with Crippen LogP contribution >= 0.6 is 0 Å². The maximum absolute atomic E-state index is 13.5. The van der Waals surface area contributed by atoms with E-state index in [2.05, 4.69) is 29.4 Å². The number of amides is 1. The largest absolute Gasteiger partial charge is 0.493 e. The standard InChI is InChI=1S/C33H36N2O5/c1-6-17-35-18-16-32-29-24-11-12-26(38-5)30(29)39-31(32)25(14-15-33(32,27(35)20-24)40-22(3)36)34(4)28(37)13-10-23-9-7-8-21(2)19-23/h6-9,11-12,19,25,27,31H,1,14-18,20H2,2-5H3/t25-,27-,31+,32+,33-/m1/s1. The highest BCUT2D eigenvalue weighted by molar-refractivity contribution is 5.94. The van der Waals surface area contributed by atoms with Crippen molar-refractivity contribution in [2.45, 2.75) is 68.7 Å². The number of nitrogens with zero attached hydrogens (tertiary/aromatic N) is 2. The van der Waals surface area contributed by atoms with Gasteiger partial charge in [0.1, 0.15) is 11.7 Å². The SMILES string of the molecule is C=CCN1CC[C@]23c4c5ccc(OC)c4O[C@H]2[C@H](N(C)C(=O)C#Cc2cccc(C)c2)CC[C@@]3(OC(C)=O)[C@H]1C5. The Balaban J connectivity index is 1.46. The molecule has 2 heterocycles. The fourth-order valence-corrected chi connectivity index (χ4v) is 8.06. The molecule has 2 bridgehead atoms. The Morgan fingerprint density at radius 3 is 2.83 bits per heavy atom. The molecule has 2 aliphatic carbocycles.